The SMILES string of the molecule is CN(Cc1ccccc1)S(=O)(=O)c1ccc(C(=O)N(Cc2cccnc2)c2nc3ccc(F)cc3s2)cc1. The second-order valence-electron chi connectivity index (χ2n) is 8.63. The molecule has 0 aliphatic carbocycles. The quantitative estimate of drug-likeness (QED) is 0.257. The molecule has 0 fully saturated rings. The molecule has 0 radical (unpaired) electrons. The number of anilines is 1. The van der Waals surface area contributed by atoms with Crippen LogP contribution in [0, 0.1) is 5.82 Å². The van der Waals surface area contributed by atoms with Gasteiger partial charge in [-0.1, -0.05) is 47.7 Å². The van der Waals surface area contributed by atoms with Crippen LogP contribution < -0.4 is 4.90 Å². The molecular formula is C28H23FN4O3S2. The molecule has 0 N–H and O–H groups in total. The van der Waals surface area contributed by atoms with Gasteiger partial charge in [-0.25, -0.2) is 17.8 Å². The van der Waals surface area contributed by atoms with Gasteiger partial charge in [0.25, 0.3) is 5.91 Å². The zero-order valence-corrected chi connectivity index (χ0v) is 22.0. The third kappa shape index (κ3) is 5.47. The van der Waals surface area contributed by atoms with Crippen molar-refractivity contribution < 1.29 is 17.6 Å². The van der Waals surface area contributed by atoms with Crippen LogP contribution in [-0.2, 0) is 23.1 Å². The van der Waals surface area contributed by atoms with Gasteiger partial charge >= 0.3 is 0 Å². The number of hydrogen-bond donors (Lipinski definition) is 0. The number of rotatable bonds is 8. The molecule has 38 heavy (non-hydrogen) atoms. The van der Waals surface area contributed by atoms with E-state index in [0.29, 0.717) is 20.9 Å². The summed E-state index contributed by atoms with van der Waals surface area (Å²) in [5.74, 6) is -0.748. The minimum Gasteiger partial charge on any atom is -0.279 e. The first kappa shape index (κ1) is 25.7. The number of amides is 1. The van der Waals surface area contributed by atoms with Gasteiger partial charge in [-0.05, 0) is 59.7 Å². The molecule has 10 heteroatoms. The van der Waals surface area contributed by atoms with E-state index in [-0.39, 0.29) is 29.7 Å². The van der Waals surface area contributed by atoms with Crippen LogP contribution in [0.5, 0.6) is 0 Å². The van der Waals surface area contributed by atoms with Crippen molar-refractivity contribution in [3.05, 3.63) is 120 Å². The van der Waals surface area contributed by atoms with Crippen molar-refractivity contribution in [1.82, 2.24) is 14.3 Å². The highest BCUT2D eigenvalue weighted by atomic mass is 32.2. The van der Waals surface area contributed by atoms with Crippen molar-refractivity contribution in [2.24, 2.45) is 0 Å². The molecule has 1 amide bonds. The van der Waals surface area contributed by atoms with E-state index >= 15 is 0 Å². The topological polar surface area (TPSA) is 83.5 Å². The molecule has 5 rings (SSSR count). The molecule has 2 heterocycles. The van der Waals surface area contributed by atoms with E-state index < -0.39 is 10.0 Å². The Hall–Kier alpha value is -3.99. The predicted octanol–water partition coefficient (Wildman–Crippen LogP) is 5.50. The average Bonchev–Trinajstić information content (AvgIpc) is 3.35. The number of pyridine rings is 1. The molecule has 3 aromatic carbocycles. The lowest BCUT2D eigenvalue weighted by Crippen LogP contribution is -2.30. The van der Waals surface area contributed by atoms with Crippen LogP contribution in [0.2, 0.25) is 0 Å². The average molecular weight is 547 g/mol. The van der Waals surface area contributed by atoms with Gasteiger partial charge in [0.1, 0.15) is 5.82 Å². The van der Waals surface area contributed by atoms with Crippen LogP contribution in [-0.4, -0.2) is 35.6 Å². The highest BCUT2D eigenvalue weighted by Gasteiger charge is 2.25. The largest absolute Gasteiger partial charge is 0.279 e. The molecule has 0 aliphatic heterocycles. The van der Waals surface area contributed by atoms with Crippen molar-refractivity contribution >= 4 is 42.6 Å². The maximum atomic E-state index is 13.8. The molecule has 5 aromatic rings. The second kappa shape index (κ2) is 10.8. The van der Waals surface area contributed by atoms with E-state index in [0.717, 1.165) is 11.1 Å². The first-order valence-electron chi connectivity index (χ1n) is 11.7. The number of fused-ring (bicyclic) bond motifs is 1. The van der Waals surface area contributed by atoms with E-state index in [4.69, 9.17) is 0 Å². The van der Waals surface area contributed by atoms with Crippen molar-refractivity contribution in [1.29, 1.82) is 0 Å². The summed E-state index contributed by atoms with van der Waals surface area (Å²) >= 11 is 1.21. The summed E-state index contributed by atoms with van der Waals surface area (Å²) in [5, 5.41) is 0.402. The molecule has 7 nitrogen and oxygen atoms in total. The molecule has 2 aromatic heterocycles. The van der Waals surface area contributed by atoms with Gasteiger partial charge in [0.2, 0.25) is 10.0 Å². The Bertz CT molecular complexity index is 1680. The predicted molar refractivity (Wildman–Crippen MR) is 146 cm³/mol. The van der Waals surface area contributed by atoms with E-state index in [1.165, 1.54) is 64.0 Å². The lowest BCUT2D eigenvalue weighted by molar-refractivity contribution is 0.0985. The summed E-state index contributed by atoms with van der Waals surface area (Å²) in [6, 6.07) is 23.1. The van der Waals surface area contributed by atoms with Crippen LogP contribution in [0.1, 0.15) is 21.5 Å². The molecule has 0 aliphatic rings. The molecule has 192 valence electrons. The van der Waals surface area contributed by atoms with E-state index in [1.54, 1.807) is 24.5 Å². The number of nitrogens with zero attached hydrogens (tertiary/aromatic N) is 4. The molecule has 0 unspecified atom stereocenters. The van der Waals surface area contributed by atoms with Gasteiger partial charge in [0, 0.05) is 31.5 Å². The number of aromatic nitrogens is 2. The van der Waals surface area contributed by atoms with Crippen LogP contribution >= 0.6 is 11.3 Å². The number of carbonyl (C=O) groups is 1. The van der Waals surface area contributed by atoms with Gasteiger partial charge in [-0.15, -0.1) is 0 Å². The summed E-state index contributed by atoms with van der Waals surface area (Å²) in [5.41, 5.74) is 2.53. The summed E-state index contributed by atoms with van der Waals surface area (Å²) in [6.45, 7) is 0.412. The number of sulfonamides is 1. The Kier molecular flexibility index (Phi) is 7.28. The zero-order valence-electron chi connectivity index (χ0n) is 20.4. The first-order chi connectivity index (χ1) is 18.3. The summed E-state index contributed by atoms with van der Waals surface area (Å²) in [7, 11) is -2.25. The number of thiazole rings is 1. The highest BCUT2D eigenvalue weighted by Crippen LogP contribution is 2.31. The van der Waals surface area contributed by atoms with Crippen LogP contribution in [0.15, 0.2) is 102 Å². The van der Waals surface area contributed by atoms with Crippen molar-refractivity contribution in [2.75, 3.05) is 11.9 Å². The normalized spacial score (nSPS) is 11.7. The standard InChI is InChI=1S/C28H23FN4O3S2/c1-32(18-20-6-3-2-4-7-20)38(35,36)24-12-9-22(10-13-24)27(34)33(19-21-8-5-15-30-17-21)28-31-25-14-11-23(29)16-26(25)37-28/h2-17H,18-19H2,1H3. The van der Waals surface area contributed by atoms with E-state index in [9.17, 15) is 17.6 Å². The molecule has 0 saturated carbocycles. The third-order valence-electron chi connectivity index (χ3n) is 5.94. The van der Waals surface area contributed by atoms with Gasteiger partial charge in [-0.2, -0.15) is 4.31 Å². The minimum atomic E-state index is -3.77. The van der Waals surface area contributed by atoms with E-state index in [1.807, 2.05) is 36.4 Å². The van der Waals surface area contributed by atoms with Crippen molar-refractivity contribution in [3.8, 4) is 0 Å². The zero-order chi connectivity index (χ0) is 26.7. The molecule has 0 bridgehead atoms. The van der Waals surface area contributed by atoms with Crippen molar-refractivity contribution in [2.45, 2.75) is 18.0 Å². The number of benzene rings is 3. The Morgan fingerprint density at radius 1 is 0.921 bits per heavy atom. The third-order valence-corrected chi connectivity index (χ3v) is 8.80. The Labute approximate surface area is 223 Å². The van der Waals surface area contributed by atoms with Crippen LogP contribution in [0.25, 0.3) is 10.2 Å². The van der Waals surface area contributed by atoms with Gasteiger partial charge in [-0.3, -0.25) is 14.7 Å². The monoisotopic (exact) mass is 546 g/mol. The fourth-order valence-electron chi connectivity index (χ4n) is 3.93. The Morgan fingerprint density at radius 3 is 2.37 bits per heavy atom. The Balaban J connectivity index is 1.43. The minimum absolute atomic E-state index is 0.0850. The lowest BCUT2D eigenvalue weighted by Gasteiger charge is -2.21. The number of halogens is 1. The van der Waals surface area contributed by atoms with Crippen LogP contribution in [0.4, 0.5) is 9.52 Å². The fraction of sp³-hybridized carbons (Fsp3) is 0.107. The number of carbonyl (C=O) groups excluding carboxylic acids is 1. The smallest absolute Gasteiger partial charge is 0.260 e. The highest BCUT2D eigenvalue weighted by molar-refractivity contribution is 7.89. The molecule has 0 atom stereocenters. The Morgan fingerprint density at radius 2 is 1.66 bits per heavy atom. The summed E-state index contributed by atoms with van der Waals surface area (Å²) in [4.78, 5) is 23.9. The van der Waals surface area contributed by atoms with Gasteiger partial charge in [0.15, 0.2) is 5.13 Å². The maximum Gasteiger partial charge on any atom is 0.260 e. The van der Waals surface area contributed by atoms with Crippen molar-refractivity contribution in [3.63, 3.8) is 0 Å². The summed E-state index contributed by atoms with van der Waals surface area (Å²) in [6.07, 6.45) is 3.30. The summed E-state index contributed by atoms with van der Waals surface area (Å²) < 4.78 is 41.9. The molecule has 0 saturated heterocycles. The fourth-order valence-corrected chi connectivity index (χ4v) is 6.08. The molecular weight excluding hydrogens is 523 g/mol. The van der Waals surface area contributed by atoms with Gasteiger partial charge in [0.05, 0.1) is 21.7 Å². The maximum absolute atomic E-state index is 13.8. The lowest BCUT2D eigenvalue weighted by atomic mass is 10.2. The number of hydrogen-bond acceptors (Lipinski definition) is 6. The van der Waals surface area contributed by atoms with Gasteiger partial charge < -0.3 is 0 Å². The second-order valence-corrected chi connectivity index (χ2v) is 11.7. The molecule has 0 spiro atoms. The van der Waals surface area contributed by atoms with E-state index in [2.05, 4.69) is 9.97 Å². The van der Waals surface area contributed by atoms with Crippen LogP contribution in [0.3, 0.4) is 0 Å². The first-order valence-corrected chi connectivity index (χ1v) is 13.9.